The lowest BCUT2D eigenvalue weighted by Gasteiger charge is -2.08. The predicted octanol–water partition coefficient (Wildman–Crippen LogP) is 2.57. The van der Waals surface area contributed by atoms with E-state index in [0.717, 1.165) is 16.8 Å². The Morgan fingerprint density at radius 1 is 1.12 bits per heavy atom. The number of hydrazone groups is 1. The van der Waals surface area contributed by atoms with Crippen molar-refractivity contribution in [2.75, 3.05) is 5.32 Å². The highest BCUT2D eigenvalue weighted by molar-refractivity contribution is 5.94. The van der Waals surface area contributed by atoms with Gasteiger partial charge in [-0.25, -0.2) is 5.43 Å². The van der Waals surface area contributed by atoms with Gasteiger partial charge in [0, 0.05) is 24.7 Å². The molecule has 0 aliphatic carbocycles. The van der Waals surface area contributed by atoms with Gasteiger partial charge in [0.2, 0.25) is 11.8 Å². The molecule has 24 heavy (non-hydrogen) atoms. The Labute approximate surface area is 141 Å². The Balaban J connectivity index is 1.75. The van der Waals surface area contributed by atoms with E-state index in [0.29, 0.717) is 5.69 Å². The molecule has 0 saturated carbocycles. The van der Waals surface area contributed by atoms with Crippen molar-refractivity contribution in [3.8, 4) is 0 Å². The van der Waals surface area contributed by atoms with Crippen LogP contribution < -0.4 is 10.7 Å². The quantitative estimate of drug-likeness (QED) is 0.633. The van der Waals surface area contributed by atoms with Gasteiger partial charge in [0.1, 0.15) is 0 Å². The fourth-order valence-corrected chi connectivity index (χ4v) is 2.07. The third kappa shape index (κ3) is 5.64. The maximum absolute atomic E-state index is 11.9. The van der Waals surface area contributed by atoms with Gasteiger partial charge >= 0.3 is 0 Å². The summed E-state index contributed by atoms with van der Waals surface area (Å²) in [5.41, 5.74) is 5.91. The maximum atomic E-state index is 11.9. The number of aromatic nitrogens is 1. The predicted molar refractivity (Wildman–Crippen MR) is 93.8 cm³/mol. The summed E-state index contributed by atoms with van der Waals surface area (Å²) in [6.45, 7) is 3.93. The molecular weight excluding hydrogens is 304 g/mol. The Morgan fingerprint density at radius 2 is 1.92 bits per heavy atom. The van der Waals surface area contributed by atoms with Crippen LogP contribution in [0.25, 0.3) is 0 Å². The number of rotatable bonds is 6. The summed E-state index contributed by atoms with van der Waals surface area (Å²) < 4.78 is 0. The van der Waals surface area contributed by atoms with Crippen molar-refractivity contribution < 1.29 is 9.59 Å². The number of pyridine rings is 1. The van der Waals surface area contributed by atoms with Gasteiger partial charge in [-0.05, 0) is 37.6 Å². The highest BCUT2D eigenvalue weighted by Gasteiger charge is 2.08. The van der Waals surface area contributed by atoms with Gasteiger partial charge in [0.25, 0.3) is 0 Å². The minimum Gasteiger partial charge on any atom is -0.326 e. The zero-order chi connectivity index (χ0) is 17.4. The lowest BCUT2D eigenvalue weighted by atomic mass is 10.1. The minimum atomic E-state index is -0.321. The average molecular weight is 324 g/mol. The van der Waals surface area contributed by atoms with Crippen molar-refractivity contribution in [2.24, 2.45) is 5.10 Å². The average Bonchev–Trinajstić information content (AvgIpc) is 2.56. The Morgan fingerprint density at radius 3 is 2.62 bits per heavy atom. The van der Waals surface area contributed by atoms with Crippen LogP contribution >= 0.6 is 0 Å². The fourth-order valence-electron chi connectivity index (χ4n) is 2.07. The van der Waals surface area contributed by atoms with E-state index < -0.39 is 0 Å². The minimum absolute atomic E-state index is 0.0658. The number of nitrogens with zero attached hydrogens (tertiary/aromatic N) is 2. The van der Waals surface area contributed by atoms with E-state index in [1.165, 1.54) is 6.21 Å². The number of hydrogen-bond donors (Lipinski definition) is 2. The molecule has 0 fully saturated rings. The normalized spacial score (nSPS) is 10.6. The van der Waals surface area contributed by atoms with Crippen LogP contribution in [0.1, 0.15) is 29.7 Å². The van der Waals surface area contributed by atoms with E-state index >= 15 is 0 Å². The van der Waals surface area contributed by atoms with Crippen molar-refractivity contribution in [1.82, 2.24) is 10.4 Å². The van der Waals surface area contributed by atoms with Gasteiger partial charge in [-0.2, -0.15) is 5.10 Å². The van der Waals surface area contributed by atoms with Gasteiger partial charge in [0.15, 0.2) is 0 Å². The van der Waals surface area contributed by atoms with Crippen molar-refractivity contribution >= 4 is 23.7 Å². The van der Waals surface area contributed by atoms with Gasteiger partial charge in [-0.1, -0.05) is 23.8 Å². The molecule has 1 aromatic carbocycles. The van der Waals surface area contributed by atoms with Crippen LogP contribution in [-0.2, 0) is 9.59 Å². The van der Waals surface area contributed by atoms with Gasteiger partial charge in [-0.3, -0.25) is 14.6 Å². The molecule has 0 spiro atoms. The SMILES string of the molecule is Cc1ccc(NC(=O)CCC(=O)N/N=C/c2ccccn2)c(C)c1. The summed E-state index contributed by atoms with van der Waals surface area (Å²) in [4.78, 5) is 27.6. The summed E-state index contributed by atoms with van der Waals surface area (Å²) in [6, 6.07) is 11.2. The Hall–Kier alpha value is -3.02. The summed E-state index contributed by atoms with van der Waals surface area (Å²) in [7, 11) is 0. The first-order valence-corrected chi connectivity index (χ1v) is 7.64. The first-order valence-electron chi connectivity index (χ1n) is 7.64. The van der Waals surface area contributed by atoms with E-state index in [4.69, 9.17) is 0 Å². The molecule has 6 heteroatoms. The van der Waals surface area contributed by atoms with E-state index in [1.807, 2.05) is 38.1 Å². The zero-order valence-electron chi connectivity index (χ0n) is 13.7. The first-order chi connectivity index (χ1) is 11.5. The Bertz CT molecular complexity index is 742. The third-order valence-electron chi connectivity index (χ3n) is 3.31. The second-order valence-corrected chi connectivity index (χ2v) is 5.41. The number of carbonyl (C=O) groups is 2. The molecule has 124 valence electrons. The van der Waals surface area contributed by atoms with E-state index in [1.54, 1.807) is 18.3 Å². The molecule has 2 aromatic rings. The molecule has 1 aromatic heterocycles. The zero-order valence-corrected chi connectivity index (χ0v) is 13.7. The second kappa shape index (κ2) is 8.57. The van der Waals surface area contributed by atoms with Gasteiger partial charge < -0.3 is 5.32 Å². The van der Waals surface area contributed by atoms with E-state index in [-0.39, 0.29) is 24.7 Å². The van der Waals surface area contributed by atoms with E-state index in [9.17, 15) is 9.59 Å². The van der Waals surface area contributed by atoms with Crippen molar-refractivity contribution in [3.63, 3.8) is 0 Å². The molecule has 6 nitrogen and oxygen atoms in total. The largest absolute Gasteiger partial charge is 0.326 e. The van der Waals surface area contributed by atoms with Crippen LogP contribution in [0.15, 0.2) is 47.7 Å². The monoisotopic (exact) mass is 324 g/mol. The summed E-state index contributed by atoms with van der Waals surface area (Å²) in [5.74, 6) is -0.524. The number of carbonyl (C=O) groups excluding carboxylic acids is 2. The van der Waals surface area contributed by atoms with Crippen LogP contribution in [0.2, 0.25) is 0 Å². The van der Waals surface area contributed by atoms with Crippen LogP contribution in [0.5, 0.6) is 0 Å². The fraction of sp³-hybridized carbons (Fsp3) is 0.222. The van der Waals surface area contributed by atoms with Crippen LogP contribution in [0.3, 0.4) is 0 Å². The standard InChI is InChI=1S/C18H20N4O2/c1-13-6-7-16(14(2)11-13)21-17(23)8-9-18(24)22-20-12-15-5-3-4-10-19-15/h3-7,10-12H,8-9H2,1-2H3,(H,21,23)(H,22,24)/b20-12+. The highest BCUT2D eigenvalue weighted by atomic mass is 16.2. The van der Waals surface area contributed by atoms with Crippen molar-refractivity contribution in [1.29, 1.82) is 0 Å². The van der Waals surface area contributed by atoms with Gasteiger partial charge in [-0.15, -0.1) is 0 Å². The van der Waals surface area contributed by atoms with Crippen LogP contribution in [-0.4, -0.2) is 23.0 Å². The Kier molecular flexibility index (Phi) is 6.19. The molecule has 1 heterocycles. The molecule has 0 unspecified atom stereocenters. The number of hydrogen-bond acceptors (Lipinski definition) is 4. The smallest absolute Gasteiger partial charge is 0.240 e. The number of amides is 2. The number of anilines is 1. The summed E-state index contributed by atoms with van der Waals surface area (Å²) in [6.07, 6.45) is 3.25. The maximum Gasteiger partial charge on any atom is 0.240 e. The molecule has 0 radical (unpaired) electrons. The molecule has 2 rings (SSSR count). The molecule has 0 aliphatic rings. The van der Waals surface area contributed by atoms with Crippen molar-refractivity contribution in [2.45, 2.75) is 26.7 Å². The number of aryl methyl sites for hydroxylation is 2. The number of benzene rings is 1. The molecule has 0 atom stereocenters. The summed E-state index contributed by atoms with van der Waals surface area (Å²) in [5, 5.41) is 6.62. The molecular formula is C18H20N4O2. The molecule has 0 bridgehead atoms. The lowest BCUT2D eigenvalue weighted by Crippen LogP contribution is -2.21. The molecule has 0 saturated heterocycles. The van der Waals surface area contributed by atoms with E-state index in [2.05, 4.69) is 20.8 Å². The summed E-state index contributed by atoms with van der Waals surface area (Å²) >= 11 is 0. The topological polar surface area (TPSA) is 83.5 Å². The molecule has 2 N–H and O–H groups in total. The van der Waals surface area contributed by atoms with Crippen LogP contribution in [0, 0.1) is 13.8 Å². The lowest BCUT2D eigenvalue weighted by molar-refractivity contribution is -0.124. The number of nitrogens with one attached hydrogen (secondary N) is 2. The van der Waals surface area contributed by atoms with Crippen LogP contribution in [0.4, 0.5) is 5.69 Å². The van der Waals surface area contributed by atoms with Gasteiger partial charge in [0.05, 0.1) is 11.9 Å². The van der Waals surface area contributed by atoms with Crippen molar-refractivity contribution in [3.05, 3.63) is 59.4 Å². The highest BCUT2D eigenvalue weighted by Crippen LogP contribution is 2.16. The second-order valence-electron chi connectivity index (χ2n) is 5.41. The first kappa shape index (κ1) is 17.3. The molecule has 0 aliphatic heterocycles. The molecule has 2 amide bonds. The third-order valence-corrected chi connectivity index (χ3v) is 3.31.